The summed E-state index contributed by atoms with van der Waals surface area (Å²) in [6.07, 6.45) is 7.22. The maximum absolute atomic E-state index is 11.8. The molecule has 0 bridgehead atoms. The lowest BCUT2D eigenvalue weighted by Crippen LogP contribution is -2.47. The molecule has 0 spiro atoms. The average molecular weight is 295 g/mol. The number of rotatable bonds is 6. The minimum atomic E-state index is -0.412. The number of hydrogen-bond acceptors (Lipinski definition) is 4. The second kappa shape index (κ2) is 8.62. The summed E-state index contributed by atoms with van der Waals surface area (Å²) in [6.45, 7) is 8.72. The van der Waals surface area contributed by atoms with Crippen molar-refractivity contribution in [2.75, 3.05) is 0 Å². The van der Waals surface area contributed by atoms with E-state index < -0.39 is 6.10 Å². The van der Waals surface area contributed by atoms with Crippen LogP contribution in [0.3, 0.4) is 0 Å². The Balaban J connectivity index is 2.39. The van der Waals surface area contributed by atoms with Gasteiger partial charge in [0.1, 0.15) is 6.10 Å². The van der Waals surface area contributed by atoms with Crippen molar-refractivity contribution in [3.8, 4) is 0 Å². The first-order valence-electron chi connectivity index (χ1n) is 7.34. The molecule has 1 amide bonds. The van der Waals surface area contributed by atoms with Crippen LogP contribution in [0.5, 0.6) is 0 Å². The number of ether oxygens (including phenoxy) is 2. The molecule has 4 atom stereocenters. The SMILES string of the molecule is C=CC[C@H]1CC[C@@H](NC(=O)C=C[C@H](C)OC(C)=O)[C@@H](C)O1. The Bertz CT molecular complexity index is 405. The normalized spacial score (nSPS) is 27.1. The summed E-state index contributed by atoms with van der Waals surface area (Å²) in [5, 5.41) is 2.92. The highest BCUT2D eigenvalue weighted by molar-refractivity contribution is 5.87. The molecule has 118 valence electrons. The Morgan fingerprint density at radius 2 is 2.19 bits per heavy atom. The molecular weight excluding hydrogens is 270 g/mol. The van der Waals surface area contributed by atoms with Gasteiger partial charge in [-0.15, -0.1) is 6.58 Å². The number of carbonyl (C=O) groups is 2. The molecule has 5 heteroatoms. The third-order valence-corrected chi connectivity index (χ3v) is 3.40. The summed E-state index contributed by atoms with van der Waals surface area (Å²) in [6, 6.07) is 0.00671. The van der Waals surface area contributed by atoms with Gasteiger partial charge in [-0.25, -0.2) is 0 Å². The summed E-state index contributed by atoms with van der Waals surface area (Å²) >= 11 is 0. The molecule has 0 aromatic heterocycles. The lowest BCUT2D eigenvalue weighted by Gasteiger charge is -2.34. The van der Waals surface area contributed by atoms with Gasteiger partial charge in [-0.2, -0.15) is 0 Å². The van der Waals surface area contributed by atoms with Crippen LogP contribution < -0.4 is 5.32 Å². The molecule has 5 nitrogen and oxygen atoms in total. The van der Waals surface area contributed by atoms with Crippen molar-refractivity contribution in [3.05, 3.63) is 24.8 Å². The topological polar surface area (TPSA) is 64.6 Å². The van der Waals surface area contributed by atoms with Crippen molar-refractivity contribution in [2.24, 2.45) is 0 Å². The van der Waals surface area contributed by atoms with Gasteiger partial charge in [0, 0.05) is 13.0 Å². The van der Waals surface area contributed by atoms with Gasteiger partial charge in [-0.1, -0.05) is 6.08 Å². The van der Waals surface area contributed by atoms with Gasteiger partial charge in [0.25, 0.3) is 0 Å². The molecule has 0 aliphatic carbocycles. The van der Waals surface area contributed by atoms with Gasteiger partial charge < -0.3 is 14.8 Å². The Kier molecular flexibility index (Phi) is 7.15. The number of hydrogen-bond donors (Lipinski definition) is 1. The molecule has 0 unspecified atom stereocenters. The van der Waals surface area contributed by atoms with Crippen LogP contribution in [0.25, 0.3) is 0 Å². The molecular formula is C16H25NO4. The Hall–Kier alpha value is -1.62. The smallest absolute Gasteiger partial charge is 0.303 e. The highest BCUT2D eigenvalue weighted by Gasteiger charge is 2.28. The molecule has 0 saturated carbocycles. The minimum absolute atomic E-state index is 0.00671. The van der Waals surface area contributed by atoms with Crippen molar-refractivity contribution in [1.29, 1.82) is 0 Å². The third kappa shape index (κ3) is 6.58. The molecule has 1 N–H and O–H groups in total. The van der Waals surface area contributed by atoms with Crippen molar-refractivity contribution in [1.82, 2.24) is 5.32 Å². The lowest BCUT2D eigenvalue weighted by atomic mass is 9.97. The molecule has 1 aliphatic rings. The van der Waals surface area contributed by atoms with E-state index in [0.29, 0.717) is 0 Å². The quantitative estimate of drug-likeness (QED) is 0.463. The lowest BCUT2D eigenvalue weighted by molar-refractivity contribution is -0.143. The highest BCUT2D eigenvalue weighted by Crippen LogP contribution is 2.21. The van der Waals surface area contributed by atoms with Crippen molar-refractivity contribution in [2.45, 2.75) is 64.4 Å². The first kappa shape index (κ1) is 17.4. The molecule has 0 aromatic carbocycles. The monoisotopic (exact) mass is 295 g/mol. The van der Waals surface area contributed by atoms with E-state index >= 15 is 0 Å². The predicted octanol–water partition coefficient (Wildman–Crippen LogP) is 2.12. The summed E-state index contributed by atoms with van der Waals surface area (Å²) < 4.78 is 10.8. The zero-order valence-electron chi connectivity index (χ0n) is 13.0. The fourth-order valence-corrected chi connectivity index (χ4v) is 2.37. The van der Waals surface area contributed by atoms with Crippen LogP contribution >= 0.6 is 0 Å². The van der Waals surface area contributed by atoms with Gasteiger partial charge in [0.2, 0.25) is 5.91 Å². The first-order chi connectivity index (χ1) is 9.92. The van der Waals surface area contributed by atoms with Crippen molar-refractivity contribution >= 4 is 11.9 Å². The molecule has 1 heterocycles. The number of esters is 1. The van der Waals surface area contributed by atoms with Crippen LogP contribution in [0.2, 0.25) is 0 Å². The van der Waals surface area contributed by atoms with Crippen LogP contribution in [0, 0.1) is 0 Å². The van der Waals surface area contributed by atoms with Crippen LogP contribution in [0.4, 0.5) is 0 Å². The van der Waals surface area contributed by atoms with Crippen LogP contribution in [-0.2, 0) is 19.1 Å². The molecule has 1 aliphatic heterocycles. The van der Waals surface area contributed by atoms with Crippen LogP contribution in [0.1, 0.15) is 40.0 Å². The molecule has 0 radical (unpaired) electrons. The summed E-state index contributed by atoms with van der Waals surface area (Å²) in [5.41, 5.74) is 0. The summed E-state index contributed by atoms with van der Waals surface area (Å²) in [4.78, 5) is 22.6. The molecule has 0 aromatic rings. The van der Waals surface area contributed by atoms with Crippen molar-refractivity contribution < 1.29 is 19.1 Å². The van der Waals surface area contributed by atoms with E-state index in [-0.39, 0.29) is 30.1 Å². The molecule has 1 fully saturated rings. The number of carbonyl (C=O) groups excluding carboxylic acids is 2. The van der Waals surface area contributed by atoms with Gasteiger partial charge >= 0.3 is 5.97 Å². The van der Waals surface area contributed by atoms with Gasteiger partial charge in [0.05, 0.1) is 18.2 Å². The minimum Gasteiger partial charge on any atom is -0.459 e. The Morgan fingerprint density at radius 3 is 2.76 bits per heavy atom. The molecule has 1 saturated heterocycles. The third-order valence-electron chi connectivity index (χ3n) is 3.40. The van der Waals surface area contributed by atoms with Crippen LogP contribution in [-0.4, -0.2) is 36.2 Å². The maximum Gasteiger partial charge on any atom is 0.303 e. The fourth-order valence-electron chi connectivity index (χ4n) is 2.37. The summed E-state index contributed by atoms with van der Waals surface area (Å²) in [7, 11) is 0. The largest absolute Gasteiger partial charge is 0.459 e. The van der Waals surface area contributed by atoms with Crippen molar-refractivity contribution in [3.63, 3.8) is 0 Å². The van der Waals surface area contributed by atoms with E-state index in [4.69, 9.17) is 9.47 Å². The zero-order valence-corrected chi connectivity index (χ0v) is 13.0. The Labute approximate surface area is 126 Å². The molecule has 1 rings (SSSR count). The van der Waals surface area contributed by atoms with Gasteiger partial charge in [0.15, 0.2) is 0 Å². The standard InChI is InChI=1S/C16H25NO4/c1-5-6-14-8-9-15(12(3)21-14)17-16(19)10-7-11(2)20-13(4)18/h5,7,10-12,14-15H,1,6,8-9H2,2-4H3,(H,17,19)/t11-,12+,14-,15+/m0/s1. The van der Waals surface area contributed by atoms with Gasteiger partial charge in [-0.3, -0.25) is 9.59 Å². The Morgan fingerprint density at radius 1 is 1.48 bits per heavy atom. The average Bonchev–Trinajstić information content (AvgIpc) is 2.39. The second-order valence-electron chi connectivity index (χ2n) is 5.35. The van der Waals surface area contributed by atoms with E-state index in [9.17, 15) is 9.59 Å². The number of nitrogens with one attached hydrogen (secondary N) is 1. The first-order valence-corrected chi connectivity index (χ1v) is 7.34. The van der Waals surface area contributed by atoms with E-state index in [0.717, 1.165) is 19.3 Å². The van der Waals surface area contributed by atoms with E-state index in [1.807, 2.05) is 13.0 Å². The van der Waals surface area contributed by atoms with E-state index in [1.165, 1.54) is 13.0 Å². The van der Waals surface area contributed by atoms with Gasteiger partial charge in [-0.05, 0) is 39.2 Å². The number of amides is 1. The molecule has 21 heavy (non-hydrogen) atoms. The fraction of sp³-hybridized carbons (Fsp3) is 0.625. The maximum atomic E-state index is 11.8. The predicted molar refractivity (Wildman–Crippen MR) is 80.7 cm³/mol. The van der Waals surface area contributed by atoms with E-state index in [1.54, 1.807) is 13.0 Å². The van der Waals surface area contributed by atoms with Crippen LogP contribution in [0.15, 0.2) is 24.8 Å². The highest BCUT2D eigenvalue weighted by atomic mass is 16.5. The summed E-state index contributed by atoms with van der Waals surface area (Å²) in [5.74, 6) is -0.563. The van der Waals surface area contributed by atoms with E-state index in [2.05, 4.69) is 11.9 Å². The second-order valence-corrected chi connectivity index (χ2v) is 5.35. The zero-order chi connectivity index (χ0) is 15.8.